The Labute approximate surface area is 164 Å². The maximum absolute atomic E-state index is 14.0. The highest BCUT2D eigenvalue weighted by molar-refractivity contribution is 5.94. The van der Waals surface area contributed by atoms with Gasteiger partial charge in [0.1, 0.15) is 11.3 Å². The highest BCUT2D eigenvalue weighted by atomic mass is 19.2. The Morgan fingerprint density at radius 1 is 1.07 bits per heavy atom. The molecule has 7 heteroatoms. The van der Waals surface area contributed by atoms with Crippen LogP contribution in [0.3, 0.4) is 0 Å². The fourth-order valence-corrected chi connectivity index (χ4v) is 3.54. The summed E-state index contributed by atoms with van der Waals surface area (Å²) in [6.45, 7) is 1.69. The van der Waals surface area contributed by atoms with Gasteiger partial charge < -0.3 is 15.2 Å². The zero-order chi connectivity index (χ0) is 20.7. The summed E-state index contributed by atoms with van der Waals surface area (Å²) in [4.78, 5) is 12.6. The van der Waals surface area contributed by atoms with Crippen LogP contribution >= 0.6 is 0 Å². The summed E-state index contributed by atoms with van der Waals surface area (Å²) in [6.07, 6.45) is 0. The quantitative estimate of drug-likeness (QED) is 0.520. The van der Waals surface area contributed by atoms with E-state index in [0.717, 1.165) is 22.9 Å². The van der Waals surface area contributed by atoms with E-state index in [1.54, 1.807) is 19.1 Å². The molecule has 0 saturated carbocycles. The summed E-state index contributed by atoms with van der Waals surface area (Å²) in [5, 5.41) is 1.68. The Balaban J connectivity index is 1.99. The standard InChI is InChI=1S/C22H16F3NO3/c1-2-28-22(27)19-18(13-8-15(23)20(25)16(24)9-13)14-7-11-5-3-4-6-12(11)10-17(14)29-21(19)26/h3-10,18H,2,26H2,1H3. The Hall–Kier alpha value is -3.48. The van der Waals surface area contributed by atoms with Crippen LogP contribution in [0, 0.1) is 17.5 Å². The molecule has 1 aliphatic heterocycles. The molecule has 3 aromatic carbocycles. The lowest BCUT2D eigenvalue weighted by atomic mass is 9.82. The monoisotopic (exact) mass is 399 g/mol. The van der Waals surface area contributed by atoms with Crippen LogP contribution in [0.5, 0.6) is 5.75 Å². The molecule has 0 aromatic heterocycles. The van der Waals surface area contributed by atoms with Crippen molar-refractivity contribution in [3.8, 4) is 5.75 Å². The van der Waals surface area contributed by atoms with Crippen molar-refractivity contribution in [1.29, 1.82) is 0 Å². The minimum absolute atomic E-state index is 0.0206. The van der Waals surface area contributed by atoms with Gasteiger partial charge in [-0.1, -0.05) is 24.3 Å². The van der Waals surface area contributed by atoms with Gasteiger partial charge in [-0.25, -0.2) is 18.0 Å². The average molecular weight is 399 g/mol. The molecule has 3 aromatic rings. The van der Waals surface area contributed by atoms with E-state index in [-0.39, 0.29) is 23.6 Å². The number of halogens is 3. The Bertz CT molecular complexity index is 1150. The number of rotatable bonds is 3. The zero-order valence-electron chi connectivity index (χ0n) is 15.3. The molecule has 1 aliphatic rings. The maximum Gasteiger partial charge on any atom is 0.340 e. The minimum Gasteiger partial charge on any atom is -0.462 e. The summed E-state index contributed by atoms with van der Waals surface area (Å²) < 4.78 is 52.2. The van der Waals surface area contributed by atoms with Gasteiger partial charge >= 0.3 is 5.97 Å². The molecule has 1 heterocycles. The number of benzene rings is 3. The van der Waals surface area contributed by atoms with Crippen molar-refractivity contribution in [2.45, 2.75) is 12.8 Å². The molecule has 0 amide bonds. The van der Waals surface area contributed by atoms with E-state index >= 15 is 0 Å². The highest BCUT2D eigenvalue weighted by Crippen LogP contribution is 2.44. The van der Waals surface area contributed by atoms with Crippen LogP contribution in [-0.2, 0) is 9.53 Å². The molecule has 29 heavy (non-hydrogen) atoms. The summed E-state index contributed by atoms with van der Waals surface area (Å²) in [5.74, 6) is -5.99. The fraction of sp³-hybridized carbons (Fsp3) is 0.136. The topological polar surface area (TPSA) is 61.5 Å². The minimum atomic E-state index is -1.59. The van der Waals surface area contributed by atoms with Crippen molar-refractivity contribution in [3.05, 3.63) is 88.6 Å². The lowest BCUT2D eigenvalue weighted by Gasteiger charge is -2.29. The second-order valence-electron chi connectivity index (χ2n) is 6.57. The number of ether oxygens (including phenoxy) is 2. The van der Waals surface area contributed by atoms with Crippen molar-refractivity contribution in [1.82, 2.24) is 0 Å². The fourth-order valence-electron chi connectivity index (χ4n) is 3.54. The number of hydrogen-bond acceptors (Lipinski definition) is 4. The van der Waals surface area contributed by atoms with Gasteiger partial charge in [0, 0.05) is 5.56 Å². The molecule has 148 valence electrons. The first kappa shape index (κ1) is 18.9. The lowest BCUT2D eigenvalue weighted by Crippen LogP contribution is -2.27. The van der Waals surface area contributed by atoms with E-state index in [9.17, 15) is 18.0 Å². The second kappa shape index (κ2) is 7.16. The summed E-state index contributed by atoms with van der Waals surface area (Å²) in [7, 11) is 0. The SMILES string of the molecule is CCOC(=O)C1=C(N)Oc2cc3ccccc3cc2C1c1cc(F)c(F)c(F)c1. The van der Waals surface area contributed by atoms with E-state index in [4.69, 9.17) is 15.2 Å². The van der Waals surface area contributed by atoms with Gasteiger partial charge in [-0.05, 0) is 47.5 Å². The van der Waals surface area contributed by atoms with E-state index < -0.39 is 29.3 Å². The van der Waals surface area contributed by atoms with Crippen molar-refractivity contribution < 1.29 is 27.4 Å². The molecule has 0 bridgehead atoms. The Morgan fingerprint density at radius 3 is 2.31 bits per heavy atom. The molecule has 0 fully saturated rings. The second-order valence-corrected chi connectivity index (χ2v) is 6.57. The largest absolute Gasteiger partial charge is 0.462 e. The molecule has 4 nitrogen and oxygen atoms in total. The van der Waals surface area contributed by atoms with Gasteiger partial charge in [0.2, 0.25) is 5.88 Å². The number of hydrogen-bond donors (Lipinski definition) is 1. The number of fused-ring (bicyclic) bond motifs is 2. The van der Waals surface area contributed by atoms with Gasteiger partial charge in [-0.3, -0.25) is 0 Å². The number of carbonyl (C=O) groups excluding carboxylic acids is 1. The van der Waals surface area contributed by atoms with E-state index in [2.05, 4.69) is 0 Å². The molecule has 0 saturated heterocycles. The zero-order valence-corrected chi connectivity index (χ0v) is 15.3. The summed E-state index contributed by atoms with van der Waals surface area (Å²) >= 11 is 0. The van der Waals surface area contributed by atoms with Crippen molar-refractivity contribution >= 4 is 16.7 Å². The van der Waals surface area contributed by atoms with Crippen LogP contribution < -0.4 is 10.5 Å². The Kier molecular flexibility index (Phi) is 4.66. The smallest absolute Gasteiger partial charge is 0.340 e. The first-order valence-electron chi connectivity index (χ1n) is 8.92. The maximum atomic E-state index is 14.0. The van der Waals surface area contributed by atoms with Crippen LogP contribution in [0.2, 0.25) is 0 Å². The number of nitrogens with two attached hydrogens (primary N) is 1. The van der Waals surface area contributed by atoms with E-state index in [1.165, 1.54) is 0 Å². The molecule has 0 radical (unpaired) electrons. The summed E-state index contributed by atoms with van der Waals surface area (Å²) in [6, 6.07) is 12.6. The lowest BCUT2D eigenvalue weighted by molar-refractivity contribution is -0.139. The van der Waals surface area contributed by atoms with Gasteiger partial charge in [0.25, 0.3) is 0 Å². The molecule has 2 N–H and O–H groups in total. The van der Waals surface area contributed by atoms with Crippen LogP contribution in [0.1, 0.15) is 24.0 Å². The normalized spacial score (nSPS) is 15.8. The predicted octanol–water partition coefficient (Wildman–Crippen LogP) is 4.51. The molecule has 0 spiro atoms. The van der Waals surface area contributed by atoms with Gasteiger partial charge in [0.15, 0.2) is 17.5 Å². The highest BCUT2D eigenvalue weighted by Gasteiger charge is 2.36. The average Bonchev–Trinajstić information content (AvgIpc) is 2.69. The molecular weight excluding hydrogens is 383 g/mol. The van der Waals surface area contributed by atoms with Crippen molar-refractivity contribution in [3.63, 3.8) is 0 Å². The van der Waals surface area contributed by atoms with E-state index in [1.807, 2.05) is 24.3 Å². The predicted molar refractivity (Wildman–Crippen MR) is 101 cm³/mol. The van der Waals surface area contributed by atoms with Gasteiger partial charge in [0.05, 0.1) is 12.5 Å². The first-order chi connectivity index (χ1) is 13.9. The van der Waals surface area contributed by atoms with Gasteiger partial charge in [-0.15, -0.1) is 0 Å². The third kappa shape index (κ3) is 3.18. The van der Waals surface area contributed by atoms with Crippen LogP contribution in [0.15, 0.2) is 60.0 Å². The number of carbonyl (C=O) groups is 1. The first-order valence-corrected chi connectivity index (χ1v) is 8.92. The molecule has 4 rings (SSSR count). The third-order valence-electron chi connectivity index (χ3n) is 4.80. The van der Waals surface area contributed by atoms with Crippen LogP contribution in [0.25, 0.3) is 10.8 Å². The number of esters is 1. The third-order valence-corrected chi connectivity index (χ3v) is 4.80. The van der Waals surface area contributed by atoms with Crippen molar-refractivity contribution in [2.24, 2.45) is 5.73 Å². The van der Waals surface area contributed by atoms with E-state index in [0.29, 0.717) is 11.3 Å². The molecular formula is C22H16F3NO3. The molecule has 1 atom stereocenters. The Morgan fingerprint density at radius 2 is 1.69 bits per heavy atom. The van der Waals surface area contributed by atoms with Crippen molar-refractivity contribution in [2.75, 3.05) is 6.61 Å². The molecule has 1 unspecified atom stereocenters. The molecule has 0 aliphatic carbocycles. The van der Waals surface area contributed by atoms with Crippen LogP contribution in [-0.4, -0.2) is 12.6 Å². The van der Waals surface area contributed by atoms with Crippen LogP contribution in [0.4, 0.5) is 13.2 Å². The summed E-state index contributed by atoms with van der Waals surface area (Å²) in [5.41, 5.74) is 6.39. The van der Waals surface area contributed by atoms with Gasteiger partial charge in [-0.2, -0.15) is 0 Å².